The molecule has 0 aromatic heterocycles. The fourth-order valence-corrected chi connectivity index (χ4v) is 2.47. The molecular formula is C21H24N2O6. The molecule has 8 heteroatoms. The molecule has 2 aromatic rings. The molecule has 0 aliphatic heterocycles. The van der Waals surface area contributed by atoms with Crippen molar-refractivity contribution in [3.05, 3.63) is 48.5 Å². The molecule has 0 fully saturated rings. The highest BCUT2D eigenvalue weighted by Crippen LogP contribution is 2.23. The van der Waals surface area contributed by atoms with Gasteiger partial charge in [-0.25, -0.2) is 0 Å². The number of ether oxygens (including phenoxy) is 3. The van der Waals surface area contributed by atoms with Crippen LogP contribution in [0.4, 0.5) is 11.4 Å². The van der Waals surface area contributed by atoms with Gasteiger partial charge in [-0.2, -0.15) is 0 Å². The van der Waals surface area contributed by atoms with Crippen molar-refractivity contribution in [3.63, 3.8) is 0 Å². The Hall–Kier alpha value is -3.55. The van der Waals surface area contributed by atoms with Crippen LogP contribution in [0.15, 0.2) is 48.5 Å². The van der Waals surface area contributed by atoms with E-state index in [1.165, 1.54) is 14.2 Å². The second-order valence-corrected chi connectivity index (χ2v) is 6.04. The van der Waals surface area contributed by atoms with E-state index in [2.05, 4.69) is 10.6 Å². The zero-order valence-corrected chi connectivity index (χ0v) is 16.4. The number of rotatable bonds is 10. The molecule has 0 saturated heterocycles. The number of carbonyl (C=O) groups excluding carboxylic acids is 3. The quantitative estimate of drug-likeness (QED) is 0.595. The fourth-order valence-electron chi connectivity index (χ4n) is 2.47. The SMILES string of the molecule is COc1cccc(NC(=O)COC(=O)CCCC(=O)Nc2ccccc2OC)c1. The van der Waals surface area contributed by atoms with E-state index < -0.39 is 18.5 Å². The number of hydrogen-bond donors (Lipinski definition) is 2. The van der Waals surface area contributed by atoms with E-state index >= 15 is 0 Å². The molecule has 0 unspecified atom stereocenters. The first-order valence-corrected chi connectivity index (χ1v) is 9.04. The maximum absolute atomic E-state index is 12.0. The van der Waals surface area contributed by atoms with Gasteiger partial charge in [0.25, 0.3) is 5.91 Å². The van der Waals surface area contributed by atoms with Gasteiger partial charge in [-0.05, 0) is 30.7 Å². The van der Waals surface area contributed by atoms with Gasteiger partial charge in [-0.15, -0.1) is 0 Å². The van der Waals surface area contributed by atoms with Crippen molar-refractivity contribution in [2.45, 2.75) is 19.3 Å². The standard InChI is InChI=1S/C21H24N2O6/c1-27-16-8-5-7-15(13-16)22-20(25)14-29-21(26)12-6-11-19(24)23-17-9-3-4-10-18(17)28-2/h3-5,7-10,13H,6,11-12,14H2,1-2H3,(H,22,25)(H,23,24). The molecule has 2 aromatic carbocycles. The summed E-state index contributed by atoms with van der Waals surface area (Å²) in [4.78, 5) is 35.6. The van der Waals surface area contributed by atoms with Crippen LogP contribution in [-0.4, -0.2) is 38.6 Å². The summed E-state index contributed by atoms with van der Waals surface area (Å²) in [7, 11) is 3.05. The summed E-state index contributed by atoms with van der Waals surface area (Å²) in [5.74, 6) is -0.0806. The Balaban J connectivity index is 1.66. The lowest BCUT2D eigenvalue weighted by Crippen LogP contribution is -2.21. The van der Waals surface area contributed by atoms with Gasteiger partial charge in [0.05, 0.1) is 19.9 Å². The van der Waals surface area contributed by atoms with Gasteiger partial charge >= 0.3 is 5.97 Å². The average Bonchev–Trinajstić information content (AvgIpc) is 2.72. The Morgan fingerprint density at radius 3 is 2.41 bits per heavy atom. The largest absolute Gasteiger partial charge is 0.497 e. The lowest BCUT2D eigenvalue weighted by atomic mass is 10.2. The maximum Gasteiger partial charge on any atom is 0.306 e. The number of para-hydroxylation sites is 2. The van der Waals surface area contributed by atoms with E-state index in [0.717, 1.165) is 0 Å². The summed E-state index contributed by atoms with van der Waals surface area (Å²) in [6.45, 7) is -0.399. The minimum atomic E-state index is -0.545. The normalized spacial score (nSPS) is 10.0. The van der Waals surface area contributed by atoms with Crippen LogP contribution >= 0.6 is 0 Å². The van der Waals surface area contributed by atoms with E-state index in [-0.39, 0.29) is 18.7 Å². The molecule has 0 spiro atoms. The van der Waals surface area contributed by atoms with Crippen molar-refractivity contribution in [1.29, 1.82) is 0 Å². The van der Waals surface area contributed by atoms with Crippen LogP contribution in [0.1, 0.15) is 19.3 Å². The summed E-state index contributed by atoms with van der Waals surface area (Å²) in [6, 6.07) is 13.9. The first-order chi connectivity index (χ1) is 14.0. The number of amides is 2. The number of carbonyl (C=O) groups is 3. The van der Waals surface area contributed by atoms with Crippen molar-refractivity contribution in [3.8, 4) is 11.5 Å². The Bertz CT molecular complexity index is 853. The number of esters is 1. The Labute approximate surface area is 169 Å². The highest BCUT2D eigenvalue weighted by atomic mass is 16.5. The second-order valence-electron chi connectivity index (χ2n) is 6.04. The van der Waals surface area contributed by atoms with Crippen molar-refractivity contribution < 1.29 is 28.6 Å². The Morgan fingerprint density at radius 1 is 0.862 bits per heavy atom. The average molecular weight is 400 g/mol. The van der Waals surface area contributed by atoms with Gasteiger partial charge in [0.2, 0.25) is 5.91 Å². The Kier molecular flexibility index (Phi) is 8.50. The lowest BCUT2D eigenvalue weighted by molar-refractivity contribution is -0.147. The molecule has 0 atom stereocenters. The summed E-state index contributed by atoms with van der Waals surface area (Å²) in [5.41, 5.74) is 1.11. The fraction of sp³-hybridized carbons (Fsp3) is 0.286. The van der Waals surface area contributed by atoms with Crippen LogP contribution < -0.4 is 20.1 Å². The summed E-state index contributed by atoms with van der Waals surface area (Å²) in [5, 5.41) is 5.34. The zero-order chi connectivity index (χ0) is 21.1. The van der Waals surface area contributed by atoms with Crippen molar-refractivity contribution in [1.82, 2.24) is 0 Å². The van der Waals surface area contributed by atoms with Gasteiger partial charge in [-0.1, -0.05) is 18.2 Å². The molecule has 0 bridgehead atoms. The number of hydrogen-bond acceptors (Lipinski definition) is 6. The smallest absolute Gasteiger partial charge is 0.306 e. The zero-order valence-electron chi connectivity index (χ0n) is 16.4. The molecule has 0 radical (unpaired) electrons. The van der Waals surface area contributed by atoms with Crippen LogP contribution in [0.25, 0.3) is 0 Å². The number of methoxy groups -OCH3 is 2. The second kappa shape index (κ2) is 11.3. The first-order valence-electron chi connectivity index (χ1n) is 9.04. The van der Waals surface area contributed by atoms with E-state index in [0.29, 0.717) is 29.3 Å². The minimum Gasteiger partial charge on any atom is -0.497 e. The van der Waals surface area contributed by atoms with Gasteiger partial charge in [0, 0.05) is 24.6 Å². The third kappa shape index (κ3) is 7.53. The molecule has 2 amide bonds. The third-order valence-corrected chi connectivity index (χ3v) is 3.88. The monoisotopic (exact) mass is 400 g/mol. The lowest BCUT2D eigenvalue weighted by Gasteiger charge is -2.10. The summed E-state index contributed by atoms with van der Waals surface area (Å²) < 4.78 is 15.2. The molecule has 154 valence electrons. The predicted molar refractivity (Wildman–Crippen MR) is 108 cm³/mol. The predicted octanol–water partition coefficient (Wildman–Crippen LogP) is 2.99. The van der Waals surface area contributed by atoms with Crippen LogP contribution in [0.3, 0.4) is 0 Å². The number of benzene rings is 2. The number of nitrogens with one attached hydrogen (secondary N) is 2. The molecule has 0 aliphatic rings. The molecule has 2 rings (SSSR count). The van der Waals surface area contributed by atoms with Gasteiger partial charge in [-0.3, -0.25) is 14.4 Å². The van der Waals surface area contributed by atoms with Crippen molar-refractivity contribution in [2.75, 3.05) is 31.5 Å². The molecule has 29 heavy (non-hydrogen) atoms. The molecular weight excluding hydrogens is 376 g/mol. The van der Waals surface area contributed by atoms with Crippen molar-refractivity contribution >= 4 is 29.2 Å². The van der Waals surface area contributed by atoms with Crippen LogP contribution in [-0.2, 0) is 19.1 Å². The van der Waals surface area contributed by atoms with Crippen molar-refractivity contribution in [2.24, 2.45) is 0 Å². The summed E-state index contributed by atoms with van der Waals surface area (Å²) >= 11 is 0. The topological polar surface area (TPSA) is 103 Å². The highest BCUT2D eigenvalue weighted by Gasteiger charge is 2.11. The number of anilines is 2. The van der Waals surface area contributed by atoms with Gasteiger partial charge in [0.1, 0.15) is 11.5 Å². The van der Waals surface area contributed by atoms with E-state index in [1.54, 1.807) is 48.5 Å². The highest BCUT2D eigenvalue weighted by molar-refractivity contribution is 5.93. The molecule has 0 heterocycles. The van der Waals surface area contributed by atoms with Crippen LogP contribution in [0.5, 0.6) is 11.5 Å². The minimum absolute atomic E-state index is 0.0335. The molecule has 2 N–H and O–H groups in total. The van der Waals surface area contributed by atoms with Crippen LogP contribution in [0, 0.1) is 0 Å². The van der Waals surface area contributed by atoms with E-state index in [1.807, 2.05) is 0 Å². The maximum atomic E-state index is 12.0. The molecule has 0 aliphatic carbocycles. The molecule has 0 saturated carbocycles. The van der Waals surface area contributed by atoms with E-state index in [4.69, 9.17) is 14.2 Å². The Morgan fingerprint density at radius 2 is 1.66 bits per heavy atom. The van der Waals surface area contributed by atoms with Gasteiger partial charge in [0.15, 0.2) is 6.61 Å². The van der Waals surface area contributed by atoms with Crippen LogP contribution in [0.2, 0.25) is 0 Å². The summed E-state index contributed by atoms with van der Waals surface area (Å²) in [6.07, 6.45) is 0.478. The first kappa shape index (κ1) is 21.7. The third-order valence-electron chi connectivity index (χ3n) is 3.88. The molecule has 8 nitrogen and oxygen atoms in total. The van der Waals surface area contributed by atoms with E-state index in [9.17, 15) is 14.4 Å². The van der Waals surface area contributed by atoms with Gasteiger partial charge < -0.3 is 24.8 Å².